The first-order chi connectivity index (χ1) is 13.2. The predicted molar refractivity (Wildman–Crippen MR) is 105 cm³/mol. The van der Waals surface area contributed by atoms with Gasteiger partial charge < -0.3 is 19.1 Å². The van der Waals surface area contributed by atoms with Crippen molar-refractivity contribution in [2.45, 2.75) is 56.7 Å². The number of hydrogen-bond donors (Lipinski definition) is 0. The number of carbonyl (C=O) groups is 1. The largest absolute Gasteiger partial charge is 0.382 e. The molecule has 0 bridgehead atoms. The van der Waals surface area contributed by atoms with Gasteiger partial charge in [-0.25, -0.2) is 0 Å². The van der Waals surface area contributed by atoms with E-state index in [-0.39, 0.29) is 17.6 Å². The van der Waals surface area contributed by atoms with Crippen molar-refractivity contribution in [3.8, 4) is 0 Å². The van der Waals surface area contributed by atoms with E-state index in [1.54, 1.807) is 7.11 Å². The van der Waals surface area contributed by atoms with Gasteiger partial charge >= 0.3 is 0 Å². The molecule has 0 aromatic heterocycles. The second kappa shape index (κ2) is 10.2. The molecule has 0 aliphatic carbocycles. The lowest BCUT2D eigenvalue weighted by atomic mass is 9.83. The van der Waals surface area contributed by atoms with E-state index in [9.17, 15) is 4.79 Å². The Bertz CT molecular complexity index is 569. The number of carbonyl (C=O) groups excluding carboxylic acids is 1. The van der Waals surface area contributed by atoms with Crippen molar-refractivity contribution in [2.24, 2.45) is 0 Å². The molecule has 2 heterocycles. The van der Waals surface area contributed by atoms with Crippen LogP contribution in [0.3, 0.4) is 0 Å². The summed E-state index contributed by atoms with van der Waals surface area (Å²) < 4.78 is 17.2. The van der Waals surface area contributed by atoms with Gasteiger partial charge in [-0.3, -0.25) is 4.79 Å². The van der Waals surface area contributed by atoms with Crippen molar-refractivity contribution in [3.05, 3.63) is 35.9 Å². The number of nitrogens with zero attached hydrogens (tertiary/aromatic N) is 1. The van der Waals surface area contributed by atoms with Gasteiger partial charge in [0.1, 0.15) is 0 Å². The van der Waals surface area contributed by atoms with Gasteiger partial charge in [0.05, 0.1) is 24.9 Å². The van der Waals surface area contributed by atoms with Gasteiger partial charge in [-0.2, -0.15) is 0 Å². The Kier molecular flexibility index (Phi) is 7.68. The molecule has 3 rings (SSSR count). The minimum Gasteiger partial charge on any atom is -0.382 e. The van der Waals surface area contributed by atoms with Crippen molar-refractivity contribution >= 4 is 5.91 Å². The highest BCUT2D eigenvalue weighted by molar-refractivity contribution is 5.76. The standard InChI is InChI=1S/C22H33NO4/c1-25-16-17-26-20-10-15-27-22(18-20)11-13-23(14-12-22)21(24)9-5-8-19-6-3-2-4-7-19/h2-4,6-7,20H,5,8-18H2,1H3. The first kappa shape index (κ1) is 20.3. The van der Waals surface area contributed by atoms with Crippen molar-refractivity contribution in [3.63, 3.8) is 0 Å². The lowest BCUT2D eigenvalue weighted by molar-refractivity contribution is -0.162. The zero-order valence-corrected chi connectivity index (χ0v) is 16.5. The Labute approximate surface area is 163 Å². The van der Waals surface area contributed by atoms with Gasteiger partial charge in [-0.15, -0.1) is 0 Å². The molecule has 5 nitrogen and oxygen atoms in total. The number of ether oxygens (including phenoxy) is 3. The maximum atomic E-state index is 12.5. The summed E-state index contributed by atoms with van der Waals surface area (Å²) in [4.78, 5) is 14.6. The zero-order valence-electron chi connectivity index (χ0n) is 16.5. The van der Waals surface area contributed by atoms with Crippen molar-refractivity contribution in [2.75, 3.05) is 40.0 Å². The maximum absolute atomic E-state index is 12.5. The molecule has 1 atom stereocenters. The second-order valence-corrected chi connectivity index (χ2v) is 7.73. The average Bonchev–Trinajstić information content (AvgIpc) is 2.70. The topological polar surface area (TPSA) is 48.0 Å². The van der Waals surface area contributed by atoms with Gasteiger partial charge in [0.25, 0.3) is 0 Å². The van der Waals surface area contributed by atoms with E-state index >= 15 is 0 Å². The summed E-state index contributed by atoms with van der Waals surface area (Å²) in [7, 11) is 1.70. The van der Waals surface area contributed by atoms with Crippen LogP contribution in [0.15, 0.2) is 30.3 Å². The summed E-state index contributed by atoms with van der Waals surface area (Å²) in [5.41, 5.74) is 1.20. The van der Waals surface area contributed by atoms with E-state index in [0.29, 0.717) is 19.6 Å². The molecule has 1 unspecified atom stereocenters. The van der Waals surface area contributed by atoms with Gasteiger partial charge in [0.2, 0.25) is 5.91 Å². The first-order valence-corrected chi connectivity index (χ1v) is 10.3. The third kappa shape index (κ3) is 6.03. The Morgan fingerprint density at radius 3 is 2.74 bits per heavy atom. The summed E-state index contributed by atoms with van der Waals surface area (Å²) in [5, 5.41) is 0. The van der Waals surface area contributed by atoms with Crippen LogP contribution in [0.1, 0.15) is 44.1 Å². The van der Waals surface area contributed by atoms with Crippen LogP contribution in [-0.2, 0) is 25.4 Å². The zero-order chi connectivity index (χ0) is 19.0. The van der Waals surface area contributed by atoms with Gasteiger partial charge in [0, 0.05) is 39.6 Å². The summed E-state index contributed by atoms with van der Waals surface area (Å²) in [6, 6.07) is 10.4. The molecule has 2 saturated heterocycles. The highest BCUT2D eigenvalue weighted by Crippen LogP contribution is 2.36. The Balaban J connectivity index is 1.39. The molecule has 1 spiro atoms. The summed E-state index contributed by atoms with van der Waals surface area (Å²) >= 11 is 0. The van der Waals surface area contributed by atoms with E-state index in [1.807, 2.05) is 11.0 Å². The summed E-state index contributed by atoms with van der Waals surface area (Å²) in [6.45, 7) is 3.63. The van der Waals surface area contributed by atoms with Gasteiger partial charge in [0.15, 0.2) is 0 Å². The van der Waals surface area contributed by atoms with Crippen LogP contribution in [0.25, 0.3) is 0 Å². The molecule has 1 aromatic carbocycles. The van der Waals surface area contributed by atoms with Gasteiger partial charge in [-0.1, -0.05) is 30.3 Å². The van der Waals surface area contributed by atoms with Crippen LogP contribution in [0, 0.1) is 0 Å². The Morgan fingerprint density at radius 1 is 1.22 bits per heavy atom. The molecule has 150 valence electrons. The molecule has 0 N–H and O–H groups in total. The number of methoxy groups -OCH3 is 1. The van der Waals surface area contributed by atoms with E-state index in [4.69, 9.17) is 14.2 Å². The van der Waals surface area contributed by atoms with Crippen molar-refractivity contribution in [1.29, 1.82) is 0 Å². The molecule has 1 aromatic rings. The van der Waals surface area contributed by atoms with Gasteiger partial charge in [-0.05, 0) is 37.7 Å². The van der Waals surface area contributed by atoms with Crippen molar-refractivity contribution < 1.29 is 19.0 Å². The second-order valence-electron chi connectivity index (χ2n) is 7.73. The fourth-order valence-electron chi connectivity index (χ4n) is 4.18. The highest BCUT2D eigenvalue weighted by atomic mass is 16.5. The Morgan fingerprint density at radius 2 is 2.00 bits per heavy atom. The summed E-state index contributed by atoms with van der Waals surface area (Å²) in [6.07, 6.45) is 6.49. The third-order valence-corrected chi connectivity index (χ3v) is 5.82. The third-order valence-electron chi connectivity index (χ3n) is 5.82. The molecule has 0 saturated carbocycles. The maximum Gasteiger partial charge on any atom is 0.222 e. The molecule has 2 aliphatic heterocycles. The number of rotatable bonds is 8. The monoisotopic (exact) mass is 375 g/mol. The van der Waals surface area contributed by atoms with Crippen molar-refractivity contribution in [1.82, 2.24) is 4.90 Å². The minimum absolute atomic E-state index is 0.100. The molecular formula is C22H33NO4. The average molecular weight is 376 g/mol. The van der Waals surface area contributed by atoms with Crippen LogP contribution in [0.5, 0.6) is 0 Å². The van der Waals surface area contributed by atoms with Crippen LogP contribution >= 0.6 is 0 Å². The normalized spacial score (nSPS) is 22.1. The fourth-order valence-corrected chi connectivity index (χ4v) is 4.18. The molecule has 0 radical (unpaired) electrons. The number of benzene rings is 1. The lowest BCUT2D eigenvalue weighted by Gasteiger charge is -2.46. The van der Waals surface area contributed by atoms with E-state index in [0.717, 1.165) is 58.2 Å². The number of hydrogen-bond acceptors (Lipinski definition) is 4. The highest BCUT2D eigenvalue weighted by Gasteiger charge is 2.41. The minimum atomic E-state index is -0.100. The smallest absolute Gasteiger partial charge is 0.222 e. The molecule has 27 heavy (non-hydrogen) atoms. The number of likely N-dealkylation sites (tertiary alicyclic amines) is 1. The van der Waals surface area contributed by atoms with E-state index < -0.39 is 0 Å². The first-order valence-electron chi connectivity index (χ1n) is 10.3. The lowest BCUT2D eigenvalue weighted by Crippen LogP contribution is -2.52. The Hall–Kier alpha value is -1.43. The van der Waals surface area contributed by atoms with E-state index in [2.05, 4.69) is 24.3 Å². The molecule has 1 amide bonds. The number of aryl methyl sites for hydroxylation is 1. The molecule has 2 aliphatic rings. The number of amides is 1. The number of piperidine rings is 1. The SMILES string of the molecule is COCCOC1CCOC2(CCN(C(=O)CCCc3ccccc3)CC2)C1. The molecule has 5 heteroatoms. The summed E-state index contributed by atoms with van der Waals surface area (Å²) in [5.74, 6) is 0.282. The van der Waals surface area contributed by atoms with Crippen LogP contribution < -0.4 is 0 Å². The quantitative estimate of drug-likeness (QED) is 0.655. The molecule has 2 fully saturated rings. The predicted octanol–water partition coefficient (Wildman–Crippen LogP) is 3.21. The molecular weight excluding hydrogens is 342 g/mol. The van der Waals surface area contributed by atoms with Crippen LogP contribution in [0.2, 0.25) is 0 Å². The van der Waals surface area contributed by atoms with Crippen LogP contribution in [0.4, 0.5) is 0 Å². The van der Waals surface area contributed by atoms with E-state index in [1.165, 1.54) is 5.56 Å². The fraction of sp³-hybridized carbons (Fsp3) is 0.682. The van der Waals surface area contributed by atoms with Crippen LogP contribution in [-0.4, -0.2) is 62.5 Å².